The van der Waals surface area contributed by atoms with E-state index >= 15 is 0 Å². The number of ether oxygens (including phenoxy) is 1. The van der Waals surface area contributed by atoms with Crippen LogP contribution < -0.4 is 5.73 Å². The summed E-state index contributed by atoms with van der Waals surface area (Å²) in [4.78, 5) is 0. The van der Waals surface area contributed by atoms with Gasteiger partial charge in [-0.15, -0.1) is 0 Å². The standard InChI is InChI=1S/C15H22N2O2/c1-11-5-7-14(8-6-11)19-10-12-3-2-4-13(9-12)15(16)17-18/h2-4,9,11,14,18H,5-8,10H2,1H3,(H2,16,17). The van der Waals surface area contributed by atoms with Crippen LogP contribution >= 0.6 is 0 Å². The van der Waals surface area contributed by atoms with E-state index in [0.717, 1.165) is 29.9 Å². The fourth-order valence-corrected chi connectivity index (χ4v) is 2.49. The van der Waals surface area contributed by atoms with E-state index in [0.29, 0.717) is 12.7 Å². The van der Waals surface area contributed by atoms with Crippen molar-refractivity contribution in [2.45, 2.75) is 45.3 Å². The van der Waals surface area contributed by atoms with Crippen molar-refractivity contribution in [3.8, 4) is 0 Å². The molecule has 0 heterocycles. The fourth-order valence-electron chi connectivity index (χ4n) is 2.49. The number of nitrogens with two attached hydrogens (primary N) is 1. The molecule has 0 atom stereocenters. The molecule has 0 unspecified atom stereocenters. The lowest BCUT2D eigenvalue weighted by Crippen LogP contribution is -2.20. The molecule has 1 aliphatic rings. The van der Waals surface area contributed by atoms with Crippen LogP contribution in [-0.2, 0) is 11.3 Å². The molecule has 19 heavy (non-hydrogen) atoms. The van der Waals surface area contributed by atoms with Crippen molar-refractivity contribution in [1.29, 1.82) is 0 Å². The Balaban J connectivity index is 1.89. The highest BCUT2D eigenvalue weighted by Gasteiger charge is 2.18. The van der Waals surface area contributed by atoms with Gasteiger partial charge in [0.2, 0.25) is 0 Å². The van der Waals surface area contributed by atoms with Crippen LogP contribution in [0.1, 0.15) is 43.7 Å². The van der Waals surface area contributed by atoms with E-state index in [2.05, 4.69) is 12.1 Å². The van der Waals surface area contributed by atoms with Crippen LogP contribution in [-0.4, -0.2) is 17.1 Å². The molecule has 4 heteroatoms. The van der Waals surface area contributed by atoms with Crippen molar-refractivity contribution in [2.24, 2.45) is 16.8 Å². The van der Waals surface area contributed by atoms with Crippen LogP contribution in [0.5, 0.6) is 0 Å². The number of hydrogen-bond acceptors (Lipinski definition) is 3. The Morgan fingerprint density at radius 2 is 2.11 bits per heavy atom. The molecule has 0 bridgehead atoms. The van der Waals surface area contributed by atoms with Crippen molar-refractivity contribution >= 4 is 5.84 Å². The summed E-state index contributed by atoms with van der Waals surface area (Å²) in [5.74, 6) is 0.970. The third-order valence-electron chi connectivity index (χ3n) is 3.78. The molecule has 1 aromatic rings. The quantitative estimate of drug-likeness (QED) is 0.379. The molecule has 1 aromatic carbocycles. The number of nitrogens with zero attached hydrogens (tertiary/aromatic N) is 1. The van der Waals surface area contributed by atoms with Crippen molar-refractivity contribution in [3.05, 3.63) is 35.4 Å². The first-order valence-corrected chi connectivity index (χ1v) is 6.87. The van der Waals surface area contributed by atoms with E-state index in [1.54, 1.807) is 0 Å². The Bertz CT molecular complexity index is 438. The topological polar surface area (TPSA) is 67.8 Å². The van der Waals surface area contributed by atoms with Gasteiger partial charge in [-0.3, -0.25) is 0 Å². The average Bonchev–Trinajstić information content (AvgIpc) is 2.46. The first-order chi connectivity index (χ1) is 9.19. The predicted octanol–water partition coefficient (Wildman–Crippen LogP) is 2.88. The summed E-state index contributed by atoms with van der Waals surface area (Å²) >= 11 is 0. The summed E-state index contributed by atoms with van der Waals surface area (Å²) in [6, 6.07) is 7.62. The summed E-state index contributed by atoms with van der Waals surface area (Å²) in [6.07, 6.45) is 5.20. The van der Waals surface area contributed by atoms with Gasteiger partial charge in [-0.2, -0.15) is 0 Å². The lowest BCUT2D eigenvalue weighted by Gasteiger charge is -2.26. The Hall–Kier alpha value is -1.55. The minimum atomic E-state index is 0.133. The molecular formula is C15H22N2O2. The van der Waals surface area contributed by atoms with Crippen LogP contribution in [0.25, 0.3) is 0 Å². The van der Waals surface area contributed by atoms with Gasteiger partial charge in [0.25, 0.3) is 0 Å². The van der Waals surface area contributed by atoms with Crippen molar-refractivity contribution in [2.75, 3.05) is 0 Å². The zero-order chi connectivity index (χ0) is 13.7. The monoisotopic (exact) mass is 262 g/mol. The molecule has 0 radical (unpaired) electrons. The van der Waals surface area contributed by atoms with Crippen molar-refractivity contribution in [1.82, 2.24) is 0 Å². The molecule has 1 aliphatic carbocycles. The second-order valence-electron chi connectivity index (χ2n) is 5.38. The largest absolute Gasteiger partial charge is 0.409 e. The molecule has 4 nitrogen and oxygen atoms in total. The maximum absolute atomic E-state index is 8.67. The molecule has 0 saturated heterocycles. The van der Waals surface area contributed by atoms with E-state index in [4.69, 9.17) is 15.7 Å². The highest BCUT2D eigenvalue weighted by Crippen LogP contribution is 2.26. The predicted molar refractivity (Wildman–Crippen MR) is 75.2 cm³/mol. The first-order valence-electron chi connectivity index (χ1n) is 6.87. The smallest absolute Gasteiger partial charge is 0.170 e. The molecule has 0 spiro atoms. The second kappa shape index (κ2) is 6.57. The first kappa shape index (κ1) is 13.9. The molecular weight excluding hydrogens is 240 g/mol. The molecule has 0 aliphatic heterocycles. The molecule has 3 N–H and O–H groups in total. The number of amidine groups is 1. The maximum Gasteiger partial charge on any atom is 0.170 e. The van der Waals surface area contributed by atoms with Crippen LogP contribution in [0.4, 0.5) is 0 Å². The summed E-state index contributed by atoms with van der Waals surface area (Å²) in [5.41, 5.74) is 7.36. The Morgan fingerprint density at radius 3 is 2.79 bits per heavy atom. The van der Waals surface area contributed by atoms with Crippen molar-refractivity contribution < 1.29 is 9.94 Å². The van der Waals surface area contributed by atoms with Gasteiger partial charge in [0, 0.05) is 5.56 Å². The normalized spacial score (nSPS) is 24.4. The van der Waals surface area contributed by atoms with Crippen molar-refractivity contribution in [3.63, 3.8) is 0 Å². The molecule has 0 amide bonds. The van der Waals surface area contributed by atoms with Gasteiger partial charge in [0.05, 0.1) is 12.7 Å². The highest BCUT2D eigenvalue weighted by atomic mass is 16.5. The van der Waals surface area contributed by atoms with E-state index < -0.39 is 0 Å². The summed E-state index contributed by atoms with van der Waals surface area (Å²) in [5, 5.41) is 11.7. The van der Waals surface area contributed by atoms with E-state index in [1.165, 1.54) is 12.8 Å². The second-order valence-corrected chi connectivity index (χ2v) is 5.38. The fraction of sp³-hybridized carbons (Fsp3) is 0.533. The molecule has 1 fully saturated rings. The Morgan fingerprint density at radius 1 is 1.37 bits per heavy atom. The number of benzene rings is 1. The Labute approximate surface area is 114 Å². The maximum atomic E-state index is 8.67. The number of hydrogen-bond donors (Lipinski definition) is 2. The number of oxime groups is 1. The van der Waals surface area contributed by atoms with Crippen LogP contribution in [0.2, 0.25) is 0 Å². The van der Waals surface area contributed by atoms with Gasteiger partial charge >= 0.3 is 0 Å². The molecule has 0 aromatic heterocycles. The molecule has 2 rings (SSSR count). The van der Waals surface area contributed by atoms with Gasteiger partial charge < -0.3 is 15.7 Å². The number of rotatable bonds is 4. The van der Waals surface area contributed by atoms with Gasteiger partial charge in [-0.1, -0.05) is 30.3 Å². The van der Waals surface area contributed by atoms with E-state index in [-0.39, 0.29) is 5.84 Å². The van der Waals surface area contributed by atoms with E-state index in [9.17, 15) is 0 Å². The summed E-state index contributed by atoms with van der Waals surface area (Å²) in [6.45, 7) is 2.89. The van der Waals surface area contributed by atoms with Crippen LogP contribution in [0.3, 0.4) is 0 Å². The minimum Gasteiger partial charge on any atom is -0.409 e. The summed E-state index contributed by atoms with van der Waals surface area (Å²) < 4.78 is 5.94. The molecule has 104 valence electrons. The van der Waals surface area contributed by atoms with Crippen LogP contribution in [0, 0.1) is 5.92 Å². The van der Waals surface area contributed by atoms with Gasteiger partial charge in [-0.05, 0) is 43.2 Å². The Kier molecular flexibility index (Phi) is 4.80. The zero-order valence-corrected chi connectivity index (χ0v) is 11.4. The average molecular weight is 262 g/mol. The van der Waals surface area contributed by atoms with Gasteiger partial charge in [-0.25, -0.2) is 0 Å². The van der Waals surface area contributed by atoms with Gasteiger partial charge in [0.15, 0.2) is 5.84 Å². The van der Waals surface area contributed by atoms with E-state index in [1.807, 2.05) is 24.3 Å². The highest BCUT2D eigenvalue weighted by molar-refractivity contribution is 5.97. The third-order valence-corrected chi connectivity index (χ3v) is 3.78. The third kappa shape index (κ3) is 3.96. The SMILES string of the molecule is CC1CCC(OCc2cccc(/C(N)=N/O)c2)CC1. The summed E-state index contributed by atoms with van der Waals surface area (Å²) in [7, 11) is 0. The molecule has 1 saturated carbocycles. The lowest BCUT2D eigenvalue weighted by atomic mass is 9.89. The van der Waals surface area contributed by atoms with Gasteiger partial charge in [0.1, 0.15) is 0 Å². The minimum absolute atomic E-state index is 0.133. The zero-order valence-electron chi connectivity index (χ0n) is 11.4. The van der Waals surface area contributed by atoms with Crippen LogP contribution in [0.15, 0.2) is 29.4 Å². The lowest BCUT2D eigenvalue weighted by molar-refractivity contribution is 0.00877.